The molecule has 160 valence electrons. The normalized spacial score (nSPS) is 15.8. The first-order chi connectivity index (χ1) is 14.9. The van der Waals surface area contributed by atoms with E-state index < -0.39 is 0 Å². The zero-order valence-electron chi connectivity index (χ0n) is 17.7. The summed E-state index contributed by atoms with van der Waals surface area (Å²) >= 11 is 1.36. The van der Waals surface area contributed by atoms with Crippen LogP contribution in [0.3, 0.4) is 0 Å². The number of amides is 2. The van der Waals surface area contributed by atoms with Crippen molar-refractivity contribution in [2.24, 2.45) is 5.10 Å². The molecule has 2 amide bonds. The van der Waals surface area contributed by atoms with Gasteiger partial charge in [-0.2, -0.15) is 0 Å². The Kier molecular flexibility index (Phi) is 5.99. The third kappa shape index (κ3) is 4.44. The molecule has 0 unspecified atom stereocenters. The second-order valence-electron chi connectivity index (χ2n) is 7.33. The molecule has 1 aliphatic rings. The van der Waals surface area contributed by atoms with E-state index in [0.717, 1.165) is 27.8 Å². The van der Waals surface area contributed by atoms with Crippen molar-refractivity contribution in [3.05, 3.63) is 65.9 Å². The Morgan fingerprint density at radius 2 is 1.87 bits per heavy atom. The van der Waals surface area contributed by atoms with Crippen molar-refractivity contribution in [2.75, 3.05) is 6.61 Å². The molecule has 3 aromatic rings. The molecule has 8 heteroatoms. The number of carbonyl (C=O) groups is 2. The zero-order chi connectivity index (χ0) is 22.0. The second-order valence-corrected chi connectivity index (χ2v) is 8.40. The number of carbonyl (C=O) groups excluding carboxylic acids is 2. The zero-order valence-corrected chi connectivity index (χ0v) is 18.5. The maximum Gasteiger partial charge on any atom is 0.241 e. The average molecular weight is 437 g/mol. The highest BCUT2D eigenvalue weighted by molar-refractivity contribution is 8.14. The van der Waals surface area contributed by atoms with E-state index in [0.29, 0.717) is 18.3 Å². The number of benzene rings is 2. The lowest BCUT2D eigenvalue weighted by Gasteiger charge is -2.18. The Hall–Kier alpha value is -3.26. The Balaban J connectivity index is 1.60. The number of hydrogen-bond donors (Lipinski definition) is 1. The molecule has 0 bridgehead atoms. The van der Waals surface area contributed by atoms with Gasteiger partial charge in [-0.05, 0) is 24.6 Å². The van der Waals surface area contributed by atoms with Gasteiger partial charge in [-0.15, -0.1) is 5.10 Å². The minimum atomic E-state index is -0.345. The van der Waals surface area contributed by atoms with E-state index in [1.807, 2.05) is 55.6 Å². The molecule has 2 aromatic carbocycles. The molecule has 1 aromatic heterocycles. The molecule has 0 aliphatic carbocycles. The molecular weight excluding hydrogens is 412 g/mol. The molecule has 2 heterocycles. The molecule has 7 nitrogen and oxygen atoms in total. The molecule has 0 saturated carbocycles. The molecule has 1 N–H and O–H groups in total. The fourth-order valence-corrected chi connectivity index (χ4v) is 4.75. The highest BCUT2D eigenvalue weighted by Crippen LogP contribution is 2.42. The number of thioether (sulfide) groups is 1. The highest BCUT2D eigenvalue weighted by atomic mass is 32.2. The highest BCUT2D eigenvalue weighted by Gasteiger charge is 2.34. The van der Waals surface area contributed by atoms with E-state index in [1.54, 1.807) is 0 Å². The number of nitrogens with zero attached hydrogens (tertiary/aromatic N) is 3. The van der Waals surface area contributed by atoms with Crippen molar-refractivity contribution < 1.29 is 14.3 Å². The Labute approximate surface area is 185 Å². The fraction of sp³-hybridized carbons (Fsp3) is 0.261. The van der Waals surface area contributed by atoms with Crippen LogP contribution in [0.25, 0.3) is 10.9 Å². The van der Waals surface area contributed by atoms with Crippen LogP contribution in [0.15, 0.2) is 59.8 Å². The molecule has 4 rings (SSSR count). The predicted molar refractivity (Wildman–Crippen MR) is 123 cm³/mol. The Morgan fingerprint density at radius 3 is 2.61 bits per heavy atom. The number of fused-ring (bicyclic) bond motifs is 1. The van der Waals surface area contributed by atoms with E-state index in [9.17, 15) is 9.59 Å². The topological polar surface area (TPSA) is 75.9 Å². The SMILES string of the molecule is CC(=O)NC1=NN(C(C)=O)[C@H](c2cn(CCOc3ccccc3C)c3ccccc23)S1. The molecule has 1 aliphatic heterocycles. The van der Waals surface area contributed by atoms with Crippen LogP contribution in [0.5, 0.6) is 5.75 Å². The van der Waals surface area contributed by atoms with Crippen molar-refractivity contribution in [3.8, 4) is 5.75 Å². The molecule has 0 spiro atoms. The van der Waals surface area contributed by atoms with Gasteiger partial charge in [-0.25, -0.2) is 5.01 Å². The number of hydrazone groups is 1. The molecule has 0 fully saturated rings. The number of ether oxygens (including phenoxy) is 1. The molecular formula is C23H24N4O3S. The monoisotopic (exact) mass is 436 g/mol. The maximum absolute atomic E-state index is 12.2. The summed E-state index contributed by atoms with van der Waals surface area (Å²) < 4.78 is 8.12. The molecule has 1 atom stereocenters. The Bertz CT molecular complexity index is 1170. The number of aryl methyl sites for hydroxylation is 1. The van der Waals surface area contributed by atoms with E-state index in [-0.39, 0.29) is 17.2 Å². The van der Waals surface area contributed by atoms with Crippen molar-refractivity contribution in [2.45, 2.75) is 32.7 Å². The lowest BCUT2D eigenvalue weighted by atomic mass is 10.1. The number of rotatable bonds is 5. The van der Waals surface area contributed by atoms with Gasteiger partial charge in [-0.1, -0.05) is 48.2 Å². The minimum Gasteiger partial charge on any atom is -0.491 e. The maximum atomic E-state index is 12.2. The van der Waals surface area contributed by atoms with Crippen LogP contribution in [0.2, 0.25) is 0 Å². The summed E-state index contributed by atoms with van der Waals surface area (Å²) in [7, 11) is 0. The lowest BCUT2D eigenvalue weighted by molar-refractivity contribution is -0.129. The third-order valence-electron chi connectivity index (χ3n) is 5.02. The van der Waals surface area contributed by atoms with Crippen LogP contribution in [0.4, 0.5) is 0 Å². The number of amidine groups is 1. The van der Waals surface area contributed by atoms with E-state index in [4.69, 9.17) is 4.74 Å². The quantitative estimate of drug-likeness (QED) is 0.655. The van der Waals surface area contributed by atoms with Gasteiger partial charge in [-0.3, -0.25) is 9.59 Å². The third-order valence-corrected chi connectivity index (χ3v) is 6.10. The number of aromatic nitrogens is 1. The van der Waals surface area contributed by atoms with Gasteiger partial charge in [0.05, 0.1) is 6.54 Å². The average Bonchev–Trinajstić information content (AvgIpc) is 3.31. The smallest absolute Gasteiger partial charge is 0.241 e. The van der Waals surface area contributed by atoms with Gasteiger partial charge in [0, 0.05) is 36.5 Å². The van der Waals surface area contributed by atoms with Gasteiger partial charge < -0.3 is 14.6 Å². The predicted octanol–water partition coefficient (Wildman–Crippen LogP) is 4.03. The first-order valence-corrected chi connectivity index (χ1v) is 10.9. The van der Waals surface area contributed by atoms with Gasteiger partial charge in [0.25, 0.3) is 0 Å². The van der Waals surface area contributed by atoms with Gasteiger partial charge in [0.15, 0.2) is 5.17 Å². The first kappa shape index (κ1) is 21.0. The van der Waals surface area contributed by atoms with Crippen LogP contribution in [0.1, 0.15) is 30.3 Å². The largest absolute Gasteiger partial charge is 0.491 e. The van der Waals surface area contributed by atoms with Crippen molar-refractivity contribution >= 4 is 39.6 Å². The van der Waals surface area contributed by atoms with Gasteiger partial charge >= 0.3 is 0 Å². The van der Waals surface area contributed by atoms with Crippen LogP contribution < -0.4 is 10.1 Å². The van der Waals surface area contributed by atoms with Crippen LogP contribution in [0, 0.1) is 6.92 Å². The van der Waals surface area contributed by atoms with E-state index >= 15 is 0 Å². The van der Waals surface area contributed by atoms with Gasteiger partial charge in [0.1, 0.15) is 17.7 Å². The molecule has 0 radical (unpaired) electrons. The number of hydrogen-bond acceptors (Lipinski definition) is 5. The van der Waals surface area contributed by atoms with Crippen LogP contribution >= 0.6 is 11.8 Å². The Morgan fingerprint density at radius 1 is 1.13 bits per heavy atom. The van der Waals surface area contributed by atoms with Gasteiger partial charge in [0.2, 0.25) is 11.8 Å². The molecule has 0 saturated heterocycles. The number of para-hydroxylation sites is 2. The minimum absolute atomic E-state index is 0.183. The van der Waals surface area contributed by atoms with Crippen molar-refractivity contribution in [3.63, 3.8) is 0 Å². The summed E-state index contributed by atoms with van der Waals surface area (Å²) in [6.07, 6.45) is 2.05. The second kappa shape index (κ2) is 8.85. The summed E-state index contributed by atoms with van der Waals surface area (Å²) in [4.78, 5) is 23.7. The van der Waals surface area contributed by atoms with E-state index in [1.165, 1.54) is 30.6 Å². The summed E-state index contributed by atoms with van der Waals surface area (Å²) in [5.74, 6) is 0.477. The van der Waals surface area contributed by atoms with Crippen molar-refractivity contribution in [1.82, 2.24) is 14.9 Å². The first-order valence-electron chi connectivity index (χ1n) is 10.0. The fourth-order valence-electron chi connectivity index (χ4n) is 3.59. The summed E-state index contributed by atoms with van der Waals surface area (Å²) in [5, 5.41) is 9.55. The molecule has 31 heavy (non-hydrogen) atoms. The summed E-state index contributed by atoms with van der Waals surface area (Å²) in [5.41, 5.74) is 3.13. The number of nitrogens with one attached hydrogen (secondary N) is 1. The summed E-state index contributed by atoms with van der Waals surface area (Å²) in [6.45, 7) is 6.10. The van der Waals surface area contributed by atoms with Crippen molar-refractivity contribution in [1.29, 1.82) is 0 Å². The standard InChI is InChI=1S/C23H24N4O3S/c1-15-8-4-7-11-21(15)30-13-12-26-14-19(18-9-5-6-10-20(18)26)22-27(17(3)29)25-23(31-22)24-16(2)28/h4-11,14,22H,12-13H2,1-3H3,(H,24,25,28)/t22-/m0/s1. The summed E-state index contributed by atoms with van der Waals surface area (Å²) in [6, 6.07) is 16.0. The van der Waals surface area contributed by atoms with Crippen LogP contribution in [-0.2, 0) is 16.1 Å². The van der Waals surface area contributed by atoms with E-state index in [2.05, 4.69) is 21.1 Å². The van der Waals surface area contributed by atoms with Crippen LogP contribution in [-0.4, -0.2) is 33.2 Å². The lowest BCUT2D eigenvalue weighted by Crippen LogP contribution is -2.25.